The number of carbonyl (C=O) groups is 1. The van der Waals surface area contributed by atoms with Crippen molar-refractivity contribution < 1.29 is 14.1 Å². The van der Waals surface area contributed by atoms with Gasteiger partial charge in [-0.25, -0.2) is 9.36 Å². The summed E-state index contributed by atoms with van der Waals surface area (Å²) in [7, 11) is 0. The number of nitrogens with one attached hydrogen (secondary N) is 1. The van der Waals surface area contributed by atoms with Gasteiger partial charge in [0.2, 0.25) is 5.91 Å². The number of rotatable bonds is 6. The number of aromatic nitrogens is 2. The van der Waals surface area contributed by atoms with Crippen molar-refractivity contribution in [3.63, 3.8) is 0 Å². The van der Waals surface area contributed by atoms with Gasteiger partial charge in [-0.2, -0.15) is 0 Å². The van der Waals surface area contributed by atoms with Crippen LogP contribution >= 0.6 is 15.9 Å². The van der Waals surface area contributed by atoms with E-state index in [1.165, 1.54) is 0 Å². The van der Waals surface area contributed by atoms with Crippen LogP contribution in [0.5, 0.6) is 5.75 Å². The second-order valence-electron chi connectivity index (χ2n) is 6.47. The Balaban J connectivity index is 1.70. The third-order valence-electron chi connectivity index (χ3n) is 4.28. The van der Waals surface area contributed by atoms with E-state index in [4.69, 9.17) is 9.26 Å². The number of carbonyl (C=O) groups excluding carboxylic acids is 1. The Hall–Kier alpha value is -2.87. The van der Waals surface area contributed by atoms with E-state index in [1.807, 2.05) is 45.0 Å². The average Bonchev–Trinajstić information content (AvgIpc) is 3.01. The van der Waals surface area contributed by atoms with Gasteiger partial charge in [0.05, 0.1) is 0 Å². The van der Waals surface area contributed by atoms with Crippen molar-refractivity contribution in [2.24, 2.45) is 0 Å². The van der Waals surface area contributed by atoms with Crippen molar-refractivity contribution in [3.8, 4) is 5.75 Å². The summed E-state index contributed by atoms with van der Waals surface area (Å²) in [5.41, 5.74) is 3.77. The van der Waals surface area contributed by atoms with E-state index in [2.05, 4.69) is 26.4 Å². The lowest BCUT2D eigenvalue weighted by molar-refractivity contribution is -0.116. The first-order valence-electron chi connectivity index (χ1n) is 8.65. The minimum Gasteiger partial charge on any atom is -0.485 e. The second kappa shape index (κ2) is 8.43. The van der Waals surface area contributed by atoms with E-state index in [9.17, 15) is 9.59 Å². The molecule has 1 N–H and O–H groups in total. The first kappa shape index (κ1) is 19.9. The lowest BCUT2D eigenvalue weighted by atomic mass is 10.1. The Morgan fingerprint density at radius 1 is 1.18 bits per heavy atom. The van der Waals surface area contributed by atoms with Crippen LogP contribution in [-0.4, -0.2) is 15.6 Å². The highest BCUT2D eigenvalue weighted by Gasteiger charge is 2.16. The predicted octanol–water partition coefficient (Wildman–Crippen LogP) is 3.74. The number of hydrogen-bond donors (Lipinski definition) is 1. The molecular formula is C20H20BrN3O4. The van der Waals surface area contributed by atoms with Crippen molar-refractivity contribution in [2.75, 3.05) is 5.32 Å². The van der Waals surface area contributed by atoms with Gasteiger partial charge in [-0.15, -0.1) is 0 Å². The van der Waals surface area contributed by atoms with Gasteiger partial charge < -0.3 is 10.1 Å². The monoisotopic (exact) mass is 445 g/mol. The fourth-order valence-corrected chi connectivity index (χ4v) is 2.97. The van der Waals surface area contributed by atoms with Crippen LogP contribution in [0.4, 0.5) is 5.69 Å². The third-order valence-corrected chi connectivity index (χ3v) is 5.50. The van der Waals surface area contributed by atoms with Crippen molar-refractivity contribution in [1.29, 1.82) is 0 Å². The van der Waals surface area contributed by atoms with Crippen LogP contribution in [0.3, 0.4) is 0 Å². The average molecular weight is 446 g/mol. The molecule has 1 heterocycles. The summed E-state index contributed by atoms with van der Waals surface area (Å²) in [5.74, 6) is -0.173. The van der Waals surface area contributed by atoms with Gasteiger partial charge in [0.1, 0.15) is 18.9 Å². The number of anilines is 1. The van der Waals surface area contributed by atoms with E-state index in [0.717, 1.165) is 25.7 Å². The van der Waals surface area contributed by atoms with Gasteiger partial charge in [-0.1, -0.05) is 44.8 Å². The topological polar surface area (TPSA) is 86.4 Å². The summed E-state index contributed by atoms with van der Waals surface area (Å²) in [5, 5.41) is 6.47. The highest BCUT2D eigenvalue weighted by atomic mass is 79.9. The van der Waals surface area contributed by atoms with Gasteiger partial charge >= 0.3 is 5.76 Å². The Labute approximate surface area is 170 Å². The molecule has 0 aliphatic rings. The van der Waals surface area contributed by atoms with Gasteiger partial charge in [-0.05, 0) is 44.5 Å². The zero-order valence-electron chi connectivity index (χ0n) is 15.8. The molecule has 0 saturated carbocycles. The van der Waals surface area contributed by atoms with E-state index in [0.29, 0.717) is 11.4 Å². The summed E-state index contributed by atoms with van der Waals surface area (Å²) in [6.45, 7) is 5.66. The Morgan fingerprint density at radius 3 is 2.61 bits per heavy atom. The molecule has 146 valence electrons. The van der Waals surface area contributed by atoms with Crippen LogP contribution in [0.2, 0.25) is 0 Å². The fourth-order valence-electron chi connectivity index (χ4n) is 2.64. The summed E-state index contributed by atoms with van der Waals surface area (Å²) in [6.07, 6.45) is 0. The zero-order valence-corrected chi connectivity index (χ0v) is 17.4. The highest BCUT2D eigenvalue weighted by Crippen LogP contribution is 2.29. The quantitative estimate of drug-likeness (QED) is 0.624. The first-order chi connectivity index (χ1) is 13.3. The van der Waals surface area contributed by atoms with Crippen molar-refractivity contribution in [3.05, 3.63) is 73.9 Å². The van der Waals surface area contributed by atoms with E-state index < -0.39 is 5.76 Å². The molecular weight excluding hydrogens is 426 g/mol. The SMILES string of the molecule is Cc1ccc(NC(=O)Cn2c(COc3ccc(C)c(Br)c3C)noc2=O)cc1. The minimum absolute atomic E-state index is 0.000107. The van der Waals surface area contributed by atoms with Crippen LogP contribution in [0.25, 0.3) is 0 Å². The fraction of sp³-hybridized carbons (Fsp3) is 0.250. The molecule has 0 aliphatic carbocycles. The van der Waals surface area contributed by atoms with E-state index in [-0.39, 0.29) is 24.9 Å². The molecule has 3 aromatic rings. The molecule has 0 spiro atoms. The lowest BCUT2D eigenvalue weighted by Crippen LogP contribution is -2.27. The number of hydrogen-bond acceptors (Lipinski definition) is 5. The number of nitrogens with zero attached hydrogens (tertiary/aromatic N) is 2. The van der Waals surface area contributed by atoms with E-state index >= 15 is 0 Å². The molecule has 0 unspecified atom stereocenters. The van der Waals surface area contributed by atoms with Gasteiger partial charge in [0, 0.05) is 15.7 Å². The van der Waals surface area contributed by atoms with Crippen molar-refractivity contribution >= 4 is 27.5 Å². The molecule has 0 fully saturated rings. The Bertz CT molecular complexity index is 1050. The smallest absolute Gasteiger partial charge is 0.442 e. The summed E-state index contributed by atoms with van der Waals surface area (Å²) >= 11 is 3.52. The number of ether oxygens (including phenoxy) is 1. The highest BCUT2D eigenvalue weighted by molar-refractivity contribution is 9.10. The molecule has 1 amide bonds. The minimum atomic E-state index is -0.709. The first-order valence-corrected chi connectivity index (χ1v) is 9.45. The molecule has 3 rings (SSSR count). The van der Waals surface area contributed by atoms with Crippen LogP contribution < -0.4 is 15.8 Å². The van der Waals surface area contributed by atoms with Gasteiger partial charge in [-0.3, -0.25) is 9.32 Å². The molecule has 2 aromatic carbocycles. The van der Waals surface area contributed by atoms with Crippen molar-refractivity contribution in [1.82, 2.24) is 9.72 Å². The van der Waals surface area contributed by atoms with Gasteiger partial charge in [0.15, 0.2) is 5.82 Å². The van der Waals surface area contributed by atoms with E-state index in [1.54, 1.807) is 12.1 Å². The number of halogens is 1. The molecule has 8 heteroatoms. The maximum atomic E-state index is 12.3. The molecule has 0 aliphatic heterocycles. The van der Waals surface area contributed by atoms with Gasteiger partial charge in [0.25, 0.3) is 0 Å². The molecule has 0 bridgehead atoms. The second-order valence-corrected chi connectivity index (χ2v) is 7.27. The molecule has 28 heavy (non-hydrogen) atoms. The Morgan fingerprint density at radius 2 is 1.89 bits per heavy atom. The largest absolute Gasteiger partial charge is 0.485 e. The molecule has 0 saturated heterocycles. The molecule has 1 aromatic heterocycles. The standard InChI is InChI=1S/C20H20BrN3O4/c1-12-4-7-15(8-5-12)22-18(25)10-24-17(23-28-20(24)26)11-27-16-9-6-13(2)19(21)14(16)3/h4-9H,10-11H2,1-3H3,(H,22,25). The maximum Gasteiger partial charge on any atom is 0.442 e. The maximum absolute atomic E-state index is 12.3. The summed E-state index contributed by atoms with van der Waals surface area (Å²) in [6, 6.07) is 11.2. The van der Waals surface area contributed by atoms with Crippen LogP contribution in [-0.2, 0) is 17.9 Å². The normalized spacial score (nSPS) is 10.7. The number of aryl methyl sites for hydroxylation is 2. The van der Waals surface area contributed by atoms with Crippen LogP contribution in [0.15, 0.2) is 50.2 Å². The zero-order chi connectivity index (χ0) is 20.3. The van der Waals surface area contributed by atoms with Crippen LogP contribution in [0, 0.1) is 20.8 Å². The molecule has 0 atom stereocenters. The summed E-state index contributed by atoms with van der Waals surface area (Å²) in [4.78, 5) is 24.2. The lowest BCUT2D eigenvalue weighted by Gasteiger charge is -2.12. The third kappa shape index (κ3) is 4.51. The Kier molecular flexibility index (Phi) is 5.99. The predicted molar refractivity (Wildman–Crippen MR) is 109 cm³/mol. The van der Waals surface area contributed by atoms with Crippen molar-refractivity contribution in [2.45, 2.75) is 33.9 Å². The number of benzene rings is 2. The molecule has 7 nitrogen and oxygen atoms in total. The summed E-state index contributed by atoms with van der Waals surface area (Å²) < 4.78 is 12.6. The number of amides is 1. The molecule has 0 radical (unpaired) electrons. The van der Waals surface area contributed by atoms with Crippen LogP contribution in [0.1, 0.15) is 22.5 Å².